The number of hydrogen-bond acceptors (Lipinski definition) is 11. The first-order chi connectivity index (χ1) is 30.1. The lowest BCUT2D eigenvalue weighted by Crippen LogP contribution is -2.60. The molecule has 0 aromatic rings. The van der Waals surface area contributed by atoms with E-state index in [1.54, 1.807) is 0 Å². The fourth-order valence-corrected chi connectivity index (χ4v) is 7.52. The van der Waals surface area contributed by atoms with Gasteiger partial charge in [0.05, 0.1) is 19.8 Å². The molecule has 0 bridgehead atoms. The molecule has 1 aliphatic rings. The van der Waals surface area contributed by atoms with Crippen molar-refractivity contribution in [2.75, 3.05) is 26.4 Å². The minimum absolute atomic E-state index is 0.0245. The lowest BCUT2D eigenvalue weighted by Gasteiger charge is -2.41. The summed E-state index contributed by atoms with van der Waals surface area (Å²) in [5.74, 6) is -0.418. The van der Waals surface area contributed by atoms with Crippen LogP contribution in [0.4, 0.5) is 0 Å². The average molecular weight is 899 g/mol. The Morgan fingerprint density at radius 2 is 1.11 bits per heavy atom. The molecule has 1 fully saturated rings. The van der Waals surface area contributed by atoms with Crippen molar-refractivity contribution in [3.8, 4) is 0 Å². The average Bonchev–Trinajstić information content (AvgIpc) is 3.24. The number of esters is 1. The van der Waals surface area contributed by atoms with Crippen LogP contribution >= 0.6 is 0 Å². The number of hydrogen-bond donors (Lipinski definition) is 4. The van der Waals surface area contributed by atoms with E-state index in [0.29, 0.717) is 13.0 Å². The number of ether oxygens (including phenoxy) is 4. The highest BCUT2D eigenvalue weighted by molar-refractivity contribution is 7.80. The Kier molecular flexibility index (Phi) is 37.6. The Balaban J connectivity index is 2.40. The highest BCUT2D eigenvalue weighted by atomic mass is 32.3. The van der Waals surface area contributed by atoms with Crippen molar-refractivity contribution in [3.63, 3.8) is 0 Å². The van der Waals surface area contributed by atoms with E-state index in [1.807, 2.05) is 0 Å². The molecule has 1 heterocycles. The molecule has 0 amide bonds. The maximum Gasteiger partial charge on any atom is 0.397 e. The summed E-state index contributed by atoms with van der Waals surface area (Å²) >= 11 is 0. The number of carbonyl (C=O) groups excluding carboxylic acids is 1. The van der Waals surface area contributed by atoms with Crippen LogP contribution in [0.25, 0.3) is 0 Å². The first-order valence-corrected chi connectivity index (χ1v) is 25.4. The molecule has 1 rings (SSSR count). The molecule has 0 saturated carbocycles. The highest BCUT2D eigenvalue weighted by Gasteiger charge is 2.48. The van der Waals surface area contributed by atoms with Crippen molar-refractivity contribution in [2.45, 2.75) is 218 Å². The van der Waals surface area contributed by atoms with Gasteiger partial charge < -0.3 is 34.3 Å². The van der Waals surface area contributed by atoms with Gasteiger partial charge in [-0.15, -0.1) is 0 Å². The number of carbonyl (C=O) groups is 1. The van der Waals surface area contributed by atoms with Gasteiger partial charge >= 0.3 is 16.4 Å². The van der Waals surface area contributed by atoms with E-state index in [9.17, 15) is 33.1 Å². The van der Waals surface area contributed by atoms with E-state index in [2.05, 4.69) is 78.8 Å². The normalized spacial score (nSPS) is 20.5. The molecule has 6 atom stereocenters. The third-order valence-corrected chi connectivity index (χ3v) is 11.1. The van der Waals surface area contributed by atoms with Gasteiger partial charge in [0.2, 0.25) is 0 Å². The Hall–Kier alpha value is -2.20. The first kappa shape index (κ1) is 57.8. The molecule has 4 N–H and O–H groups in total. The molecule has 360 valence electrons. The maximum absolute atomic E-state index is 12.9. The van der Waals surface area contributed by atoms with Crippen molar-refractivity contribution < 1.29 is 56.2 Å². The third kappa shape index (κ3) is 33.3. The molecule has 13 heteroatoms. The molecule has 1 saturated heterocycles. The summed E-state index contributed by atoms with van der Waals surface area (Å²) < 4.78 is 59.1. The van der Waals surface area contributed by atoms with Crippen molar-refractivity contribution in [1.29, 1.82) is 0 Å². The third-order valence-electron chi connectivity index (χ3n) is 10.6. The van der Waals surface area contributed by atoms with Gasteiger partial charge in [0, 0.05) is 13.0 Å². The number of allylic oxidation sites excluding steroid dienone is 10. The SMILES string of the molecule is CC/C=C\C/C=C\C/C=C\CCCCCCCC(=O)OC(COCCCCCCCCCCCC/C=C\C/C=C\CCCCC)COC1OC(CO)C(O)C(OS(=O)(=O)O)C1O. The molecular weight excluding hydrogens is 813 g/mol. The van der Waals surface area contributed by atoms with Gasteiger partial charge in [0.1, 0.15) is 30.5 Å². The molecule has 0 radical (unpaired) electrons. The van der Waals surface area contributed by atoms with Crippen LogP contribution in [-0.4, -0.2) is 97.5 Å². The van der Waals surface area contributed by atoms with E-state index < -0.39 is 59.8 Å². The zero-order valence-corrected chi connectivity index (χ0v) is 39.2. The standard InChI is InChI=1S/C49H86O12S/c1-3-5-7-9-11-13-15-17-19-20-21-22-23-25-27-29-31-33-35-37-39-57-41-43(42-58-49-47(53)48(61-62(54,55)56)46(52)44(40-50)60-49)59-45(51)38-36-34-32-30-28-26-24-18-16-14-12-10-8-6-4-2/h6,8,11-14,17-19,24,43-44,46-50,52-53H,3-5,7,9-10,15-16,20-23,25-42H2,1-2H3,(H,54,55,56)/b8-6-,13-11-,14-12-,19-17-,24-18-. The molecule has 12 nitrogen and oxygen atoms in total. The van der Waals surface area contributed by atoms with Gasteiger partial charge in [-0.2, -0.15) is 8.42 Å². The van der Waals surface area contributed by atoms with Gasteiger partial charge in [-0.3, -0.25) is 9.35 Å². The van der Waals surface area contributed by atoms with E-state index in [-0.39, 0.29) is 19.6 Å². The lowest BCUT2D eigenvalue weighted by atomic mass is 9.99. The van der Waals surface area contributed by atoms with Crippen LogP contribution in [0.15, 0.2) is 60.8 Å². The summed E-state index contributed by atoms with van der Waals surface area (Å²) in [4.78, 5) is 12.9. The van der Waals surface area contributed by atoms with Crippen LogP contribution in [-0.2, 0) is 38.3 Å². The molecule has 6 unspecified atom stereocenters. The van der Waals surface area contributed by atoms with Crippen LogP contribution in [0.1, 0.15) is 181 Å². The van der Waals surface area contributed by atoms with Crippen molar-refractivity contribution >= 4 is 16.4 Å². The van der Waals surface area contributed by atoms with Crippen LogP contribution in [0.5, 0.6) is 0 Å². The lowest BCUT2D eigenvalue weighted by molar-refractivity contribution is -0.301. The van der Waals surface area contributed by atoms with Crippen molar-refractivity contribution in [3.05, 3.63) is 60.8 Å². The van der Waals surface area contributed by atoms with E-state index >= 15 is 0 Å². The molecule has 0 aromatic carbocycles. The zero-order chi connectivity index (χ0) is 45.4. The van der Waals surface area contributed by atoms with E-state index in [1.165, 1.54) is 77.0 Å². The summed E-state index contributed by atoms with van der Waals surface area (Å²) in [5.41, 5.74) is 0. The van der Waals surface area contributed by atoms with Crippen molar-refractivity contribution in [2.24, 2.45) is 0 Å². The molecule has 0 aliphatic carbocycles. The molecule has 0 aromatic heterocycles. The predicted molar refractivity (Wildman–Crippen MR) is 248 cm³/mol. The maximum atomic E-state index is 12.9. The van der Waals surface area contributed by atoms with Gasteiger partial charge in [-0.05, 0) is 77.0 Å². The smallest absolute Gasteiger partial charge is 0.397 e. The topological polar surface area (TPSA) is 178 Å². The molecule has 0 spiro atoms. The van der Waals surface area contributed by atoms with E-state index in [4.69, 9.17) is 18.9 Å². The van der Waals surface area contributed by atoms with Gasteiger partial charge in [-0.25, -0.2) is 4.18 Å². The Labute approximate surface area is 376 Å². The van der Waals surface area contributed by atoms with Gasteiger partial charge in [0.25, 0.3) is 0 Å². The quantitative estimate of drug-likeness (QED) is 0.0198. The summed E-state index contributed by atoms with van der Waals surface area (Å²) in [6, 6.07) is 0. The second-order valence-corrected chi connectivity index (χ2v) is 17.4. The number of aliphatic hydroxyl groups is 3. The van der Waals surface area contributed by atoms with Crippen LogP contribution < -0.4 is 0 Å². The van der Waals surface area contributed by atoms with Crippen LogP contribution in [0.3, 0.4) is 0 Å². The zero-order valence-electron chi connectivity index (χ0n) is 38.4. The summed E-state index contributed by atoms with van der Waals surface area (Å²) in [7, 11) is -5.07. The van der Waals surface area contributed by atoms with Gasteiger partial charge in [0.15, 0.2) is 6.29 Å². The summed E-state index contributed by atoms with van der Waals surface area (Å²) in [6.45, 7) is 3.82. The molecule has 1 aliphatic heterocycles. The fourth-order valence-electron chi connectivity index (χ4n) is 7.01. The minimum atomic E-state index is -5.07. The fraction of sp³-hybridized carbons (Fsp3) is 0.776. The van der Waals surface area contributed by atoms with Gasteiger partial charge in [-0.1, -0.05) is 158 Å². The van der Waals surface area contributed by atoms with E-state index in [0.717, 1.165) is 77.0 Å². The van der Waals surface area contributed by atoms with Crippen LogP contribution in [0.2, 0.25) is 0 Å². The Morgan fingerprint density at radius 3 is 1.63 bits per heavy atom. The summed E-state index contributed by atoms with van der Waals surface area (Å²) in [6.07, 6.45) is 41.1. The second-order valence-electron chi connectivity index (χ2n) is 16.3. The highest BCUT2D eigenvalue weighted by Crippen LogP contribution is 2.26. The predicted octanol–water partition coefficient (Wildman–Crippen LogP) is 10.5. The Bertz CT molecular complexity index is 1310. The first-order valence-electron chi connectivity index (χ1n) is 24.0. The Morgan fingerprint density at radius 1 is 0.629 bits per heavy atom. The molecule has 62 heavy (non-hydrogen) atoms. The summed E-state index contributed by atoms with van der Waals surface area (Å²) in [5, 5.41) is 30.7. The second kappa shape index (κ2) is 40.3. The molecular formula is C49H86O12S. The monoisotopic (exact) mass is 899 g/mol. The largest absolute Gasteiger partial charge is 0.457 e. The number of unbranched alkanes of at least 4 members (excludes halogenated alkanes) is 18. The number of rotatable bonds is 41. The van der Waals surface area contributed by atoms with Crippen LogP contribution in [0, 0.1) is 0 Å². The number of aliphatic hydroxyl groups excluding tert-OH is 3. The minimum Gasteiger partial charge on any atom is -0.457 e. The van der Waals surface area contributed by atoms with Crippen molar-refractivity contribution in [1.82, 2.24) is 0 Å².